The van der Waals surface area contributed by atoms with Crippen LogP contribution in [0, 0.1) is 5.41 Å². The van der Waals surface area contributed by atoms with E-state index >= 15 is 0 Å². The fourth-order valence-corrected chi connectivity index (χ4v) is 4.10. The molecule has 0 atom stereocenters. The standard InChI is InChI=1S/C16H23BrN2O2/c1-21-13-3-2-12(14(17)15(13)20)10-19-9-6-16(11-19)4-7-18-8-5-16/h2-3,18,20H,4-11H2,1H3. The Morgan fingerprint density at radius 1 is 1.33 bits per heavy atom. The highest BCUT2D eigenvalue weighted by Gasteiger charge is 2.38. The third-order valence-electron chi connectivity index (χ3n) is 4.95. The summed E-state index contributed by atoms with van der Waals surface area (Å²) in [6.45, 7) is 5.52. The van der Waals surface area contributed by atoms with Gasteiger partial charge in [-0.05, 0) is 71.9 Å². The van der Waals surface area contributed by atoms with Gasteiger partial charge in [-0.25, -0.2) is 0 Å². The van der Waals surface area contributed by atoms with E-state index in [2.05, 4.69) is 26.1 Å². The number of benzene rings is 1. The van der Waals surface area contributed by atoms with Gasteiger partial charge in [0.05, 0.1) is 11.6 Å². The number of aromatic hydroxyl groups is 1. The molecule has 0 aromatic heterocycles. The summed E-state index contributed by atoms with van der Waals surface area (Å²) in [7, 11) is 1.57. The normalized spacial score (nSPS) is 21.8. The molecule has 2 fully saturated rings. The molecule has 2 saturated heterocycles. The fraction of sp³-hybridized carbons (Fsp3) is 0.625. The molecule has 0 aliphatic carbocycles. The van der Waals surface area contributed by atoms with Gasteiger partial charge in [-0.15, -0.1) is 0 Å². The van der Waals surface area contributed by atoms with Gasteiger partial charge in [0.2, 0.25) is 0 Å². The van der Waals surface area contributed by atoms with Crippen molar-refractivity contribution in [2.24, 2.45) is 5.41 Å². The van der Waals surface area contributed by atoms with E-state index in [-0.39, 0.29) is 5.75 Å². The minimum atomic E-state index is 0.200. The van der Waals surface area contributed by atoms with Gasteiger partial charge in [0, 0.05) is 13.1 Å². The number of nitrogens with zero attached hydrogens (tertiary/aromatic N) is 1. The molecule has 0 bridgehead atoms. The van der Waals surface area contributed by atoms with Crippen LogP contribution in [-0.4, -0.2) is 43.3 Å². The zero-order valence-corrected chi connectivity index (χ0v) is 14.1. The van der Waals surface area contributed by atoms with Crippen molar-refractivity contribution in [1.82, 2.24) is 10.2 Å². The van der Waals surface area contributed by atoms with Gasteiger partial charge >= 0.3 is 0 Å². The van der Waals surface area contributed by atoms with Crippen molar-refractivity contribution < 1.29 is 9.84 Å². The maximum absolute atomic E-state index is 10.1. The van der Waals surface area contributed by atoms with E-state index in [1.165, 1.54) is 25.8 Å². The van der Waals surface area contributed by atoms with Crippen LogP contribution < -0.4 is 10.1 Å². The minimum Gasteiger partial charge on any atom is -0.503 e. The number of nitrogens with one attached hydrogen (secondary N) is 1. The van der Waals surface area contributed by atoms with E-state index in [1.807, 2.05) is 12.1 Å². The summed E-state index contributed by atoms with van der Waals surface area (Å²) in [5.74, 6) is 0.715. The third-order valence-corrected chi connectivity index (χ3v) is 5.84. The van der Waals surface area contributed by atoms with Gasteiger partial charge in [0.1, 0.15) is 0 Å². The molecule has 0 unspecified atom stereocenters. The molecule has 2 aliphatic rings. The molecule has 1 aromatic rings. The molecule has 1 spiro atoms. The van der Waals surface area contributed by atoms with Gasteiger partial charge in [0.25, 0.3) is 0 Å². The number of likely N-dealkylation sites (tertiary alicyclic amines) is 1. The van der Waals surface area contributed by atoms with E-state index in [1.54, 1.807) is 7.11 Å². The van der Waals surface area contributed by atoms with Crippen LogP contribution >= 0.6 is 15.9 Å². The average Bonchev–Trinajstić information content (AvgIpc) is 2.87. The van der Waals surface area contributed by atoms with Crippen molar-refractivity contribution in [2.45, 2.75) is 25.8 Å². The molecule has 2 aliphatic heterocycles. The predicted octanol–water partition coefficient (Wildman–Crippen LogP) is 2.74. The molecular weight excluding hydrogens is 332 g/mol. The average molecular weight is 355 g/mol. The zero-order valence-electron chi connectivity index (χ0n) is 12.5. The quantitative estimate of drug-likeness (QED) is 0.875. The monoisotopic (exact) mass is 354 g/mol. The van der Waals surface area contributed by atoms with E-state index in [4.69, 9.17) is 4.74 Å². The topological polar surface area (TPSA) is 44.7 Å². The van der Waals surface area contributed by atoms with E-state index in [0.29, 0.717) is 11.2 Å². The summed E-state index contributed by atoms with van der Waals surface area (Å²) < 4.78 is 5.90. The van der Waals surface area contributed by atoms with Crippen molar-refractivity contribution in [3.8, 4) is 11.5 Å². The van der Waals surface area contributed by atoms with Crippen molar-refractivity contribution >= 4 is 15.9 Å². The second kappa shape index (κ2) is 6.15. The van der Waals surface area contributed by atoms with E-state index < -0.39 is 0 Å². The highest BCUT2D eigenvalue weighted by molar-refractivity contribution is 9.10. The summed E-state index contributed by atoms with van der Waals surface area (Å²) in [5.41, 5.74) is 1.64. The number of hydrogen-bond donors (Lipinski definition) is 2. The Kier molecular flexibility index (Phi) is 4.43. The molecule has 116 valence electrons. The highest BCUT2D eigenvalue weighted by atomic mass is 79.9. The summed E-state index contributed by atoms with van der Waals surface area (Å²) in [4.78, 5) is 2.51. The van der Waals surface area contributed by atoms with Crippen LogP contribution in [0.5, 0.6) is 11.5 Å². The van der Waals surface area contributed by atoms with Gasteiger partial charge in [-0.2, -0.15) is 0 Å². The smallest absolute Gasteiger partial charge is 0.172 e. The Hall–Kier alpha value is -0.780. The highest BCUT2D eigenvalue weighted by Crippen LogP contribution is 2.41. The summed E-state index contributed by atoms with van der Waals surface area (Å²) >= 11 is 3.50. The minimum absolute atomic E-state index is 0.200. The fourth-order valence-electron chi connectivity index (χ4n) is 3.64. The molecule has 1 aromatic carbocycles. The maximum Gasteiger partial charge on any atom is 0.172 e. The summed E-state index contributed by atoms with van der Waals surface area (Å²) in [6, 6.07) is 3.88. The summed E-state index contributed by atoms with van der Waals surface area (Å²) in [5, 5.41) is 13.6. The number of hydrogen-bond acceptors (Lipinski definition) is 4. The second-order valence-electron chi connectivity index (χ2n) is 6.30. The lowest BCUT2D eigenvalue weighted by Crippen LogP contribution is -2.38. The molecule has 0 radical (unpaired) electrons. The third kappa shape index (κ3) is 3.05. The molecule has 5 heteroatoms. The van der Waals surface area contributed by atoms with Gasteiger partial charge in [-0.3, -0.25) is 4.90 Å². The first-order valence-electron chi connectivity index (χ1n) is 7.61. The van der Waals surface area contributed by atoms with Crippen LogP contribution in [0.4, 0.5) is 0 Å². The lowest BCUT2D eigenvalue weighted by molar-refractivity contribution is 0.194. The Morgan fingerprint density at radius 2 is 2.10 bits per heavy atom. The van der Waals surface area contributed by atoms with Crippen molar-refractivity contribution in [3.63, 3.8) is 0 Å². The lowest BCUT2D eigenvalue weighted by Gasteiger charge is -2.34. The van der Waals surface area contributed by atoms with Crippen molar-refractivity contribution in [2.75, 3.05) is 33.3 Å². The Labute approximate surface area is 134 Å². The first kappa shape index (κ1) is 15.1. The van der Waals surface area contributed by atoms with Gasteiger partial charge in [-0.1, -0.05) is 6.07 Å². The number of methoxy groups -OCH3 is 1. The lowest BCUT2D eigenvalue weighted by atomic mass is 9.78. The number of phenolic OH excluding ortho intramolecular Hbond substituents is 1. The van der Waals surface area contributed by atoms with Crippen LogP contribution in [0.15, 0.2) is 16.6 Å². The van der Waals surface area contributed by atoms with Crippen LogP contribution in [0.2, 0.25) is 0 Å². The van der Waals surface area contributed by atoms with Gasteiger partial charge in [0.15, 0.2) is 11.5 Å². The van der Waals surface area contributed by atoms with E-state index in [0.717, 1.165) is 36.2 Å². The molecular formula is C16H23BrN2O2. The Bertz CT molecular complexity index is 515. The maximum atomic E-state index is 10.1. The van der Waals surface area contributed by atoms with E-state index in [9.17, 15) is 5.11 Å². The largest absolute Gasteiger partial charge is 0.503 e. The van der Waals surface area contributed by atoms with Crippen LogP contribution in [0.3, 0.4) is 0 Å². The number of piperidine rings is 1. The Balaban J connectivity index is 1.69. The zero-order chi connectivity index (χ0) is 14.9. The number of halogens is 1. The molecule has 4 nitrogen and oxygen atoms in total. The first-order valence-corrected chi connectivity index (χ1v) is 8.40. The number of ether oxygens (including phenoxy) is 1. The summed E-state index contributed by atoms with van der Waals surface area (Å²) in [6.07, 6.45) is 3.88. The number of phenols is 1. The molecule has 2 N–H and O–H groups in total. The Morgan fingerprint density at radius 3 is 2.81 bits per heavy atom. The molecule has 0 saturated carbocycles. The predicted molar refractivity (Wildman–Crippen MR) is 86.8 cm³/mol. The number of rotatable bonds is 3. The molecule has 21 heavy (non-hydrogen) atoms. The van der Waals surface area contributed by atoms with Crippen molar-refractivity contribution in [3.05, 3.63) is 22.2 Å². The second-order valence-corrected chi connectivity index (χ2v) is 7.09. The SMILES string of the molecule is COc1ccc(CN2CCC3(CCNCC3)C2)c(Br)c1O. The molecule has 3 rings (SSSR count). The van der Waals surface area contributed by atoms with Crippen LogP contribution in [-0.2, 0) is 6.54 Å². The van der Waals surface area contributed by atoms with Crippen LogP contribution in [0.1, 0.15) is 24.8 Å². The molecule has 2 heterocycles. The molecule has 0 amide bonds. The first-order chi connectivity index (χ1) is 10.1. The van der Waals surface area contributed by atoms with Crippen LogP contribution in [0.25, 0.3) is 0 Å². The van der Waals surface area contributed by atoms with Gasteiger partial charge < -0.3 is 15.2 Å². The van der Waals surface area contributed by atoms with Crippen molar-refractivity contribution in [1.29, 1.82) is 0 Å².